The highest BCUT2D eigenvalue weighted by Crippen LogP contribution is 2.43. The first-order chi connectivity index (χ1) is 14.2. The molecule has 0 N–H and O–H groups in total. The molecule has 0 bridgehead atoms. The van der Waals surface area contributed by atoms with Crippen LogP contribution in [0.1, 0.15) is 17.5 Å². The lowest BCUT2D eigenvalue weighted by Gasteiger charge is -2.22. The monoisotopic (exact) mass is 457 g/mol. The molecule has 5 nitrogen and oxygen atoms in total. The molecule has 0 saturated carbocycles. The molecule has 1 heterocycles. The van der Waals surface area contributed by atoms with Crippen molar-refractivity contribution in [1.29, 1.82) is 0 Å². The van der Waals surface area contributed by atoms with E-state index in [2.05, 4.69) is 28.1 Å². The van der Waals surface area contributed by atoms with Gasteiger partial charge in [0.1, 0.15) is 0 Å². The minimum absolute atomic E-state index is 0.623. The average molecular weight is 458 g/mol. The molecule has 29 heavy (non-hydrogen) atoms. The van der Waals surface area contributed by atoms with Crippen LogP contribution in [0.25, 0.3) is 22.2 Å². The number of hydrogen-bond donors (Lipinski definition) is 0. The maximum absolute atomic E-state index is 6.08. The molecule has 0 saturated heterocycles. The van der Waals surface area contributed by atoms with Crippen LogP contribution in [0.3, 0.4) is 0 Å². The fourth-order valence-electron chi connectivity index (χ4n) is 3.82. The van der Waals surface area contributed by atoms with Gasteiger partial charge in [0, 0.05) is 16.3 Å². The SMILES string of the molecule is COc1cc2c(cc1OC)-c1nc3ccc(OC)c(OCCCBr)c3cc1CC2. The number of alkyl halides is 1. The van der Waals surface area contributed by atoms with Crippen LogP contribution < -0.4 is 18.9 Å². The van der Waals surface area contributed by atoms with Crippen LogP contribution >= 0.6 is 15.9 Å². The number of halogens is 1. The van der Waals surface area contributed by atoms with Crippen LogP contribution in [0.4, 0.5) is 0 Å². The number of aromatic nitrogens is 1. The summed E-state index contributed by atoms with van der Waals surface area (Å²) in [6.45, 7) is 0.623. The Hall–Kier alpha value is -2.47. The zero-order chi connectivity index (χ0) is 20.4. The van der Waals surface area contributed by atoms with Gasteiger partial charge in [0.15, 0.2) is 23.0 Å². The average Bonchev–Trinajstić information content (AvgIpc) is 2.76. The van der Waals surface area contributed by atoms with Gasteiger partial charge in [-0.15, -0.1) is 0 Å². The van der Waals surface area contributed by atoms with E-state index in [-0.39, 0.29) is 0 Å². The number of methoxy groups -OCH3 is 3. The Morgan fingerprint density at radius 2 is 1.62 bits per heavy atom. The molecule has 0 atom stereocenters. The van der Waals surface area contributed by atoms with Crippen LogP contribution in [-0.2, 0) is 12.8 Å². The largest absolute Gasteiger partial charge is 0.493 e. The molecule has 0 aliphatic heterocycles. The summed E-state index contributed by atoms with van der Waals surface area (Å²) in [5.41, 5.74) is 5.42. The number of hydrogen-bond acceptors (Lipinski definition) is 5. The second-order valence-electron chi connectivity index (χ2n) is 6.92. The number of benzene rings is 2. The summed E-state index contributed by atoms with van der Waals surface area (Å²) in [7, 11) is 4.99. The second-order valence-corrected chi connectivity index (χ2v) is 7.71. The molecule has 6 heteroatoms. The zero-order valence-electron chi connectivity index (χ0n) is 16.9. The van der Waals surface area contributed by atoms with E-state index in [1.807, 2.05) is 18.2 Å². The maximum Gasteiger partial charge on any atom is 0.170 e. The molecular weight excluding hydrogens is 434 g/mol. The van der Waals surface area contributed by atoms with Crippen LogP contribution in [-0.4, -0.2) is 38.3 Å². The molecule has 0 amide bonds. The summed E-state index contributed by atoms with van der Waals surface area (Å²) in [4.78, 5) is 5.01. The van der Waals surface area contributed by atoms with Crippen molar-refractivity contribution in [2.75, 3.05) is 33.3 Å². The van der Waals surface area contributed by atoms with E-state index in [1.165, 1.54) is 11.1 Å². The Morgan fingerprint density at radius 1 is 0.897 bits per heavy atom. The molecule has 152 valence electrons. The number of nitrogens with zero attached hydrogens (tertiary/aromatic N) is 1. The summed E-state index contributed by atoms with van der Waals surface area (Å²) >= 11 is 3.45. The molecule has 2 aromatic carbocycles. The molecular formula is C23H24BrNO4. The van der Waals surface area contributed by atoms with E-state index >= 15 is 0 Å². The third-order valence-electron chi connectivity index (χ3n) is 5.26. The van der Waals surface area contributed by atoms with Gasteiger partial charge in [0.2, 0.25) is 0 Å². The fraction of sp³-hybridized carbons (Fsp3) is 0.348. The van der Waals surface area contributed by atoms with Gasteiger partial charge in [-0.3, -0.25) is 0 Å². The minimum atomic E-state index is 0.623. The Bertz CT molecular complexity index is 1050. The summed E-state index contributed by atoms with van der Waals surface area (Å²) in [6, 6.07) is 10.2. The van der Waals surface area contributed by atoms with Crippen molar-refractivity contribution >= 4 is 26.8 Å². The van der Waals surface area contributed by atoms with E-state index in [4.69, 9.17) is 23.9 Å². The van der Waals surface area contributed by atoms with Gasteiger partial charge in [-0.25, -0.2) is 4.98 Å². The van der Waals surface area contributed by atoms with E-state index in [9.17, 15) is 0 Å². The summed E-state index contributed by atoms with van der Waals surface area (Å²) < 4.78 is 22.6. The predicted octanol–water partition coefficient (Wildman–Crippen LogP) is 5.19. The zero-order valence-corrected chi connectivity index (χ0v) is 18.5. The van der Waals surface area contributed by atoms with Gasteiger partial charge < -0.3 is 18.9 Å². The van der Waals surface area contributed by atoms with Crippen molar-refractivity contribution in [3.63, 3.8) is 0 Å². The normalized spacial score (nSPS) is 12.3. The molecule has 3 aromatic rings. The van der Waals surface area contributed by atoms with Crippen LogP contribution in [0.15, 0.2) is 30.3 Å². The highest BCUT2D eigenvalue weighted by Gasteiger charge is 2.23. The van der Waals surface area contributed by atoms with E-state index in [0.29, 0.717) is 6.61 Å². The van der Waals surface area contributed by atoms with Crippen LogP contribution in [0.5, 0.6) is 23.0 Å². The number of ether oxygens (including phenoxy) is 4. The molecule has 0 radical (unpaired) electrons. The first kappa shape index (κ1) is 19.8. The third-order valence-corrected chi connectivity index (χ3v) is 5.83. The van der Waals surface area contributed by atoms with Crippen molar-refractivity contribution in [2.45, 2.75) is 19.3 Å². The lowest BCUT2D eigenvalue weighted by molar-refractivity contribution is 0.299. The molecule has 1 aromatic heterocycles. The highest BCUT2D eigenvalue weighted by molar-refractivity contribution is 9.09. The van der Waals surface area contributed by atoms with Gasteiger partial charge in [-0.1, -0.05) is 15.9 Å². The van der Waals surface area contributed by atoms with Crippen LogP contribution in [0.2, 0.25) is 0 Å². The lowest BCUT2D eigenvalue weighted by atomic mass is 9.87. The smallest absolute Gasteiger partial charge is 0.170 e. The third kappa shape index (κ3) is 3.62. The predicted molar refractivity (Wildman–Crippen MR) is 118 cm³/mol. The van der Waals surface area contributed by atoms with Crippen LogP contribution in [0, 0.1) is 0 Å². The Balaban J connectivity index is 1.86. The molecule has 4 rings (SSSR count). The standard InChI is InChI=1S/C23H24BrNO4/c1-26-19-8-7-18-17(23(19)29-10-4-9-24)11-15-6-5-14-12-20(27-2)21(28-3)13-16(14)22(15)25-18/h7-8,11-13H,4-6,9-10H2,1-3H3. The number of fused-ring (bicyclic) bond motifs is 4. The Labute approximate surface area is 179 Å². The maximum atomic E-state index is 6.08. The molecule has 1 aliphatic rings. The van der Waals surface area contributed by atoms with Crippen molar-refractivity contribution in [3.8, 4) is 34.3 Å². The first-order valence-electron chi connectivity index (χ1n) is 9.64. The second kappa shape index (κ2) is 8.49. The van der Waals surface area contributed by atoms with Gasteiger partial charge in [0.05, 0.1) is 39.1 Å². The first-order valence-corrected chi connectivity index (χ1v) is 10.8. The quantitative estimate of drug-likeness (QED) is 0.360. The van der Waals surface area contributed by atoms with Gasteiger partial charge >= 0.3 is 0 Å². The van der Waals surface area contributed by atoms with E-state index in [0.717, 1.165) is 69.8 Å². The highest BCUT2D eigenvalue weighted by atomic mass is 79.9. The summed E-state index contributed by atoms with van der Waals surface area (Å²) in [5, 5.41) is 1.89. The van der Waals surface area contributed by atoms with Crippen molar-refractivity contribution in [3.05, 3.63) is 41.5 Å². The molecule has 0 unspecified atom stereocenters. The Kier molecular flexibility index (Phi) is 5.81. The number of pyridine rings is 1. The van der Waals surface area contributed by atoms with Gasteiger partial charge in [-0.2, -0.15) is 0 Å². The lowest BCUT2D eigenvalue weighted by Crippen LogP contribution is -2.08. The van der Waals surface area contributed by atoms with Gasteiger partial charge in [0.25, 0.3) is 0 Å². The van der Waals surface area contributed by atoms with Crippen molar-refractivity contribution in [2.24, 2.45) is 0 Å². The topological polar surface area (TPSA) is 49.8 Å². The number of aryl methyl sites for hydroxylation is 2. The van der Waals surface area contributed by atoms with E-state index < -0.39 is 0 Å². The molecule has 0 fully saturated rings. The van der Waals surface area contributed by atoms with E-state index in [1.54, 1.807) is 21.3 Å². The van der Waals surface area contributed by atoms with Gasteiger partial charge in [-0.05, 0) is 60.7 Å². The van der Waals surface area contributed by atoms with Crippen molar-refractivity contribution < 1.29 is 18.9 Å². The number of rotatable bonds is 7. The summed E-state index contributed by atoms with van der Waals surface area (Å²) in [6.07, 6.45) is 2.77. The Morgan fingerprint density at radius 3 is 2.34 bits per heavy atom. The summed E-state index contributed by atoms with van der Waals surface area (Å²) in [5.74, 6) is 2.97. The fourth-order valence-corrected chi connectivity index (χ4v) is 4.05. The molecule has 1 aliphatic carbocycles. The van der Waals surface area contributed by atoms with Crippen molar-refractivity contribution in [1.82, 2.24) is 4.98 Å². The molecule has 0 spiro atoms. The minimum Gasteiger partial charge on any atom is -0.493 e.